The maximum absolute atomic E-state index is 9.60. The third-order valence-corrected chi connectivity index (χ3v) is 3.15. The second-order valence-electron chi connectivity index (χ2n) is 4.45. The Labute approximate surface area is 109 Å². The smallest absolute Gasteiger partial charge is 0.118 e. The fourth-order valence-corrected chi connectivity index (χ4v) is 2.03. The first-order chi connectivity index (χ1) is 7.66. The van der Waals surface area contributed by atoms with Gasteiger partial charge in [-0.05, 0) is 36.6 Å². The number of aryl methyl sites for hydroxylation is 2. The second kappa shape index (κ2) is 6.24. The van der Waals surface area contributed by atoms with Crippen LogP contribution in [0.15, 0.2) is 12.1 Å². The standard InChI is InChI=1S/C13H19NO2.ClH/c1-10-8-13(15)11(2)7-12(10)9-14-3-5-16-6-4-14;/h7-8,15H,3-6,9H2,1-2H3;1H. The molecule has 1 aromatic rings. The van der Waals surface area contributed by atoms with Crippen LogP contribution in [0.5, 0.6) is 5.75 Å². The third-order valence-electron chi connectivity index (χ3n) is 3.15. The lowest BCUT2D eigenvalue weighted by molar-refractivity contribution is 0.0341. The Hall–Kier alpha value is -0.770. The number of morpholine rings is 1. The van der Waals surface area contributed by atoms with E-state index in [-0.39, 0.29) is 12.4 Å². The van der Waals surface area contributed by atoms with Crippen molar-refractivity contribution in [3.63, 3.8) is 0 Å². The summed E-state index contributed by atoms with van der Waals surface area (Å²) in [4.78, 5) is 2.39. The monoisotopic (exact) mass is 257 g/mol. The molecule has 1 fully saturated rings. The highest BCUT2D eigenvalue weighted by atomic mass is 35.5. The minimum Gasteiger partial charge on any atom is -0.508 e. The van der Waals surface area contributed by atoms with Crippen LogP contribution < -0.4 is 0 Å². The van der Waals surface area contributed by atoms with Crippen LogP contribution in [-0.2, 0) is 11.3 Å². The van der Waals surface area contributed by atoms with Gasteiger partial charge in [-0.1, -0.05) is 6.07 Å². The molecule has 1 saturated heterocycles. The van der Waals surface area contributed by atoms with Crippen LogP contribution in [0.4, 0.5) is 0 Å². The molecule has 1 aromatic carbocycles. The molecule has 0 aromatic heterocycles. The van der Waals surface area contributed by atoms with Crippen LogP contribution in [0.1, 0.15) is 16.7 Å². The highest BCUT2D eigenvalue weighted by Crippen LogP contribution is 2.22. The van der Waals surface area contributed by atoms with E-state index >= 15 is 0 Å². The topological polar surface area (TPSA) is 32.7 Å². The molecule has 0 saturated carbocycles. The molecular weight excluding hydrogens is 238 g/mol. The van der Waals surface area contributed by atoms with Gasteiger partial charge in [-0.25, -0.2) is 0 Å². The van der Waals surface area contributed by atoms with E-state index in [1.807, 2.05) is 13.0 Å². The average molecular weight is 258 g/mol. The van der Waals surface area contributed by atoms with Crippen molar-refractivity contribution >= 4 is 12.4 Å². The van der Waals surface area contributed by atoms with Gasteiger partial charge in [0.25, 0.3) is 0 Å². The molecule has 0 unspecified atom stereocenters. The normalized spacial score (nSPS) is 16.6. The van der Waals surface area contributed by atoms with Crippen molar-refractivity contribution in [1.82, 2.24) is 4.90 Å². The predicted molar refractivity (Wildman–Crippen MR) is 70.9 cm³/mol. The number of rotatable bonds is 2. The third kappa shape index (κ3) is 3.60. The molecule has 0 radical (unpaired) electrons. The maximum Gasteiger partial charge on any atom is 0.118 e. The van der Waals surface area contributed by atoms with Crippen molar-refractivity contribution in [1.29, 1.82) is 0 Å². The zero-order valence-electron chi connectivity index (χ0n) is 10.4. The molecule has 2 rings (SSSR count). The number of phenolic OH excluding ortho intramolecular Hbond substituents is 1. The van der Waals surface area contributed by atoms with Gasteiger partial charge < -0.3 is 9.84 Å². The number of hydrogen-bond donors (Lipinski definition) is 1. The number of nitrogens with zero attached hydrogens (tertiary/aromatic N) is 1. The molecule has 0 aliphatic carbocycles. The Morgan fingerprint density at radius 2 is 1.82 bits per heavy atom. The fourth-order valence-electron chi connectivity index (χ4n) is 2.03. The molecule has 1 aliphatic heterocycles. The van der Waals surface area contributed by atoms with Gasteiger partial charge in [0, 0.05) is 19.6 Å². The predicted octanol–water partition coefficient (Wildman–Crippen LogP) is 2.26. The zero-order chi connectivity index (χ0) is 11.5. The largest absolute Gasteiger partial charge is 0.508 e. The van der Waals surface area contributed by atoms with Gasteiger partial charge >= 0.3 is 0 Å². The Bertz CT molecular complexity index is 376. The lowest BCUT2D eigenvalue weighted by Gasteiger charge is -2.27. The molecule has 0 atom stereocenters. The summed E-state index contributed by atoms with van der Waals surface area (Å²) in [6.07, 6.45) is 0. The van der Waals surface area contributed by atoms with Crippen LogP contribution in [0, 0.1) is 13.8 Å². The molecule has 0 bridgehead atoms. The van der Waals surface area contributed by atoms with E-state index in [4.69, 9.17) is 4.74 Å². The van der Waals surface area contributed by atoms with E-state index in [2.05, 4.69) is 17.9 Å². The Kier molecular flexibility index (Phi) is 5.25. The van der Waals surface area contributed by atoms with E-state index in [1.165, 1.54) is 5.56 Å². The van der Waals surface area contributed by atoms with Gasteiger partial charge in [0.2, 0.25) is 0 Å². The molecule has 0 amide bonds. The van der Waals surface area contributed by atoms with Crippen molar-refractivity contribution in [3.8, 4) is 5.75 Å². The minimum absolute atomic E-state index is 0. The summed E-state index contributed by atoms with van der Waals surface area (Å²) in [5.41, 5.74) is 3.42. The van der Waals surface area contributed by atoms with Gasteiger partial charge in [0.15, 0.2) is 0 Å². The summed E-state index contributed by atoms with van der Waals surface area (Å²) in [5.74, 6) is 0.392. The Morgan fingerprint density at radius 3 is 2.47 bits per heavy atom. The minimum atomic E-state index is 0. The van der Waals surface area contributed by atoms with Gasteiger partial charge in [0.1, 0.15) is 5.75 Å². The van der Waals surface area contributed by atoms with Crippen molar-refractivity contribution in [3.05, 3.63) is 28.8 Å². The van der Waals surface area contributed by atoms with Crippen LogP contribution in [0.2, 0.25) is 0 Å². The molecule has 1 aliphatic rings. The van der Waals surface area contributed by atoms with E-state index < -0.39 is 0 Å². The van der Waals surface area contributed by atoms with E-state index in [9.17, 15) is 5.11 Å². The SMILES string of the molecule is Cc1cc(CN2CCOCC2)c(C)cc1O.Cl. The Morgan fingerprint density at radius 1 is 1.18 bits per heavy atom. The summed E-state index contributed by atoms with van der Waals surface area (Å²) in [5, 5.41) is 9.60. The number of halogens is 1. The average Bonchev–Trinajstić information content (AvgIpc) is 2.27. The molecule has 17 heavy (non-hydrogen) atoms. The van der Waals surface area contributed by atoms with Crippen molar-refractivity contribution < 1.29 is 9.84 Å². The summed E-state index contributed by atoms with van der Waals surface area (Å²) < 4.78 is 5.33. The highest BCUT2D eigenvalue weighted by Gasteiger charge is 2.12. The number of aromatic hydroxyl groups is 1. The molecule has 1 N–H and O–H groups in total. The summed E-state index contributed by atoms with van der Waals surface area (Å²) in [6, 6.07) is 3.94. The van der Waals surface area contributed by atoms with E-state index in [0.29, 0.717) is 5.75 Å². The van der Waals surface area contributed by atoms with E-state index in [1.54, 1.807) is 0 Å². The lowest BCUT2D eigenvalue weighted by Crippen LogP contribution is -2.35. The number of phenols is 1. The summed E-state index contributed by atoms with van der Waals surface area (Å²) in [6.45, 7) is 8.60. The first-order valence-electron chi connectivity index (χ1n) is 5.76. The van der Waals surface area contributed by atoms with Crippen LogP contribution in [0.25, 0.3) is 0 Å². The second-order valence-corrected chi connectivity index (χ2v) is 4.45. The molecular formula is C13H20ClNO2. The van der Waals surface area contributed by atoms with Crippen LogP contribution in [0.3, 0.4) is 0 Å². The van der Waals surface area contributed by atoms with Gasteiger partial charge in [-0.2, -0.15) is 0 Å². The number of benzene rings is 1. The first-order valence-corrected chi connectivity index (χ1v) is 5.76. The lowest BCUT2D eigenvalue weighted by atomic mass is 10.0. The maximum atomic E-state index is 9.60. The quantitative estimate of drug-likeness (QED) is 0.882. The Balaban J connectivity index is 0.00000144. The molecule has 96 valence electrons. The van der Waals surface area contributed by atoms with Gasteiger partial charge in [-0.3, -0.25) is 4.90 Å². The van der Waals surface area contributed by atoms with Crippen molar-refractivity contribution in [2.24, 2.45) is 0 Å². The zero-order valence-corrected chi connectivity index (χ0v) is 11.2. The number of hydrogen-bond acceptors (Lipinski definition) is 3. The van der Waals surface area contributed by atoms with Crippen LogP contribution in [-0.4, -0.2) is 36.3 Å². The molecule has 3 nitrogen and oxygen atoms in total. The van der Waals surface area contributed by atoms with E-state index in [0.717, 1.165) is 44.0 Å². The summed E-state index contributed by atoms with van der Waals surface area (Å²) >= 11 is 0. The highest BCUT2D eigenvalue weighted by molar-refractivity contribution is 5.85. The van der Waals surface area contributed by atoms with Crippen LogP contribution >= 0.6 is 12.4 Å². The first kappa shape index (κ1) is 14.3. The van der Waals surface area contributed by atoms with Gasteiger partial charge in [0.05, 0.1) is 13.2 Å². The molecule has 1 heterocycles. The van der Waals surface area contributed by atoms with Gasteiger partial charge in [-0.15, -0.1) is 12.4 Å². The molecule has 0 spiro atoms. The van der Waals surface area contributed by atoms with Crippen molar-refractivity contribution in [2.45, 2.75) is 20.4 Å². The van der Waals surface area contributed by atoms with Crippen molar-refractivity contribution in [2.75, 3.05) is 26.3 Å². The fraction of sp³-hybridized carbons (Fsp3) is 0.538. The number of ether oxygens (including phenoxy) is 1. The molecule has 4 heteroatoms. The summed E-state index contributed by atoms with van der Waals surface area (Å²) in [7, 11) is 0.